The first-order valence-corrected chi connectivity index (χ1v) is 12.8. The number of fused-ring (bicyclic) bond motifs is 2. The van der Waals surface area contributed by atoms with Gasteiger partial charge in [-0.15, -0.1) is 0 Å². The number of hydrogen-bond acceptors (Lipinski definition) is 6. The van der Waals surface area contributed by atoms with Crippen molar-refractivity contribution in [2.75, 3.05) is 32.6 Å². The molecule has 2 aromatic carbocycles. The molecule has 2 heterocycles. The molecule has 1 aliphatic carbocycles. The van der Waals surface area contributed by atoms with Gasteiger partial charge in [0.2, 0.25) is 5.91 Å². The number of rotatable bonds is 7. The highest BCUT2D eigenvalue weighted by Crippen LogP contribution is 2.33. The van der Waals surface area contributed by atoms with Crippen LogP contribution in [0.3, 0.4) is 0 Å². The number of nitrogens with one attached hydrogen (secondary N) is 2. The predicted octanol–water partition coefficient (Wildman–Crippen LogP) is 3.24. The van der Waals surface area contributed by atoms with Gasteiger partial charge in [0.1, 0.15) is 24.2 Å². The van der Waals surface area contributed by atoms with E-state index in [1.54, 1.807) is 61.5 Å². The molecule has 1 saturated heterocycles. The Morgan fingerprint density at radius 1 is 1.08 bits per heavy atom. The highest BCUT2D eigenvalue weighted by atomic mass is 16.5. The van der Waals surface area contributed by atoms with E-state index in [0.717, 1.165) is 13.0 Å². The average Bonchev–Trinajstić information content (AvgIpc) is 3.74. The largest absolute Gasteiger partial charge is 0.497 e. The van der Waals surface area contributed by atoms with Gasteiger partial charge in [-0.2, -0.15) is 0 Å². The number of benzene rings is 2. The van der Waals surface area contributed by atoms with Crippen LogP contribution in [0.15, 0.2) is 42.5 Å². The summed E-state index contributed by atoms with van der Waals surface area (Å²) in [6, 6.07) is 11.7. The van der Waals surface area contributed by atoms with Crippen LogP contribution < -0.4 is 20.1 Å². The molecule has 0 bridgehead atoms. The zero-order valence-electron chi connectivity index (χ0n) is 21.2. The molecule has 0 radical (unpaired) electrons. The van der Waals surface area contributed by atoms with Crippen molar-refractivity contribution in [2.45, 2.75) is 50.4 Å². The topological polar surface area (TPSA) is 106 Å². The molecule has 37 heavy (non-hydrogen) atoms. The summed E-state index contributed by atoms with van der Waals surface area (Å²) in [5.74, 6) is 1.26. The Labute approximate surface area is 216 Å². The van der Waals surface area contributed by atoms with E-state index in [1.165, 1.54) is 12.8 Å². The minimum atomic E-state index is -0.327. The Morgan fingerprint density at radius 2 is 1.86 bits per heavy atom. The molecule has 3 amide bonds. The number of amides is 3. The van der Waals surface area contributed by atoms with Gasteiger partial charge in [-0.1, -0.05) is 0 Å². The summed E-state index contributed by atoms with van der Waals surface area (Å²) in [4.78, 5) is 40.1. The summed E-state index contributed by atoms with van der Waals surface area (Å²) < 4.78 is 17.4. The molecule has 1 saturated carbocycles. The zero-order valence-corrected chi connectivity index (χ0v) is 21.2. The van der Waals surface area contributed by atoms with Gasteiger partial charge in [0, 0.05) is 24.8 Å². The molecule has 3 aliphatic rings. The molecule has 2 aliphatic heterocycles. The number of nitrogens with zero attached hydrogens (tertiary/aromatic N) is 1. The summed E-state index contributed by atoms with van der Waals surface area (Å²) >= 11 is 0. The fourth-order valence-electron chi connectivity index (χ4n) is 4.91. The zero-order chi connectivity index (χ0) is 25.9. The van der Waals surface area contributed by atoms with Crippen LogP contribution in [0.1, 0.15) is 52.8 Å². The number of hydrogen-bond donors (Lipinski definition) is 2. The molecular formula is C28H33N3O6. The second kappa shape index (κ2) is 10.8. The number of methoxy groups -OCH3 is 1. The molecule has 0 aromatic heterocycles. The summed E-state index contributed by atoms with van der Waals surface area (Å²) in [5.41, 5.74) is 1.36. The van der Waals surface area contributed by atoms with Gasteiger partial charge in [0.15, 0.2) is 0 Å². The predicted molar refractivity (Wildman–Crippen MR) is 137 cm³/mol. The number of anilines is 1. The van der Waals surface area contributed by atoms with E-state index in [0.29, 0.717) is 47.1 Å². The van der Waals surface area contributed by atoms with Crippen LogP contribution >= 0.6 is 0 Å². The standard InChI is InChI=1S/C28H33N3O6/c1-31-23-11-10-21(14-26(32)29-15-17-3-4-17)37-25(23)16-36-24-12-7-19(13-22(24)28(31)34)30-27(33)18-5-8-20(35-2)9-6-18/h5-9,12-13,17,21,23,25H,3-4,10-11,14-16H2,1-2H3,(H,29,32)(H,30,33)/t21-,23-,25+/m1/s1. The lowest BCUT2D eigenvalue weighted by Gasteiger charge is -2.42. The second-order valence-corrected chi connectivity index (χ2v) is 10.0. The van der Waals surface area contributed by atoms with Gasteiger partial charge in [-0.3, -0.25) is 14.4 Å². The number of carbonyl (C=O) groups is 3. The lowest BCUT2D eigenvalue weighted by Crippen LogP contribution is -2.54. The van der Waals surface area contributed by atoms with Crippen LogP contribution in [0.4, 0.5) is 5.69 Å². The fourth-order valence-corrected chi connectivity index (χ4v) is 4.91. The van der Waals surface area contributed by atoms with Crippen molar-refractivity contribution in [1.29, 1.82) is 0 Å². The van der Waals surface area contributed by atoms with Crippen LogP contribution in [-0.2, 0) is 9.53 Å². The molecule has 5 rings (SSSR count). The first kappa shape index (κ1) is 25.1. The fraction of sp³-hybridized carbons (Fsp3) is 0.464. The quantitative estimate of drug-likeness (QED) is 0.596. The summed E-state index contributed by atoms with van der Waals surface area (Å²) in [6.07, 6.45) is 3.61. The van der Waals surface area contributed by atoms with E-state index in [1.807, 2.05) is 0 Å². The minimum Gasteiger partial charge on any atom is -0.497 e. The summed E-state index contributed by atoms with van der Waals surface area (Å²) in [5, 5.41) is 5.85. The molecule has 3 atom stereocenters. The molecule has 196 valence electrons. The molecule has 9 nitrogen and oxygen atoms in total. The van der Waals surface area contributed by atoms with Gasteiger partial charge in [-0.05, 0) is 74.1 Å². The normalized spacial score (nSPS) is 23.0. The summed E-state index contributed by atoms with van der Waals surface area (Å²) in [6.45, 7) is 1.02. The maximum atomic E-state index is 13.4. The smallest absolute Gasteiger partial charge is 0.257 e. The summed E-state index contributed by atoms with van der Waals surface area (Å²) in [7, 11) is 3.34. The molecule has 0 unspecified atom stereocenters. The van der Waals surface area contributed by atoms with E-state index < -0.39 is 0 Å². The van der Waals surface area contributed by atoms with Gasteiger partial charge in [-0.25, -0.2) is 0 Å². The molecular weight excluding hydrogens is 474 g/mol. The molecule has 2 N–H and O–H groups in total. The van der Waals surface area contributed by atoms with Crippen molar-refractivity contribution in [3.05, 3.63) is 53.6 Å². The maximum Gasteiger partial charge on any atom is 0.257 e. The highest BCUT2D eigenvalue weighted by Gasteiger charge is 2.39. The lowest BCUT2D eigenvalue weighted by molar-refractivity contribution is -0.134. The number of carbonyl (C=O) groups excluding carboxylic acids is 3. The van der Waals surface area contributed by atoms with Crippen molar-refractivity contribution in [1.82, 2.24) is 10.2 Å². The highest BCUT2D eigenvalue weighted by molar-refractivity contribution is 6.05. The SMILES string of the molecule is COc1ccc(C(=O)Nc2ccc3c(c2)C(=O)N(C)[C@@H]2CC[C@H](CC(=O)NCC4CC4)O[C@H]2CO3)cc1. The Kier molecular flexibility index (Phi) is 7.32. The van der Waals surface area contributed by atoms with Crippen LogP contribution in [0, 0.1) is 5.92 Å². The second-order valence-electron chi connectivity index (χ2n) is 10.0. The van der Waals surface area contributed by atoms with E-state index in [-0.39, 0.29) is 42.6 Å². The molecule has 2 fully saturated rings. The lowest BCUT2D eigenvalue weighted by atomic mass is 9.94. The van der Waals surface area contributed by atoms with Crippen LogP contribution in [0.25, 0.3) is 0 Å². The Hall–Kier alpha value is -3.59. The van der Waals surface area contributed by atoms with Gasteiger partial charge in [0.05, 0.1) is 31.2 Å². The first-order chi connectivity index (χ1) is 17.9. The van der Waals surface area contributed by atoms with Crippen molar-refractivity contribution in [3.63, 3.8) is 0 Å². The monoisotopic (exact) mass is 507 g/mol. The number of likely N-dealkylation sites (N-methyl/N-ethyl adjacent to an activating group) is 1. The van der Waals surface area contributed by atoms with E-state index >= 15 is 0 Å². The van der Waals surface area contributed by atoms with Crippen molar-refractivity contribution < 1.29 is 28.6 Å². The van der Waals surface area contributed by atoms with Crippen LogP contribution in [0.5, 0.6) is 11.5 Å². The first-order valence-electron chi connectivity index (χ1n) is 12.8. The van der Waals surface area contributed by atoms with Gasteiger partial charge >= 0.3 is 0 Å². The maximum absolute atomic E-state index is 13.4. The van der Waals surface area contributed by atoms with Crippen molar-refractivity contribution >= 4 is 23.4 Å². The molecule has 0 spiro atoms. The third-order valence-electron chi connectivity index (χ3n) is 7.32. The molecule has 2 aromatic rings. The van der Waals surface area contributed by atoms with Gasteiger partial charge in [0.25, 0.3) is 11.8 Å². The van der Waals surface area contributed by atoms with Gasteiger partial charge < -0.3 is 29.7 Å². The van der Waals surface area contributed by atoms with Crippen molar-refractivity contribution in [3.8, 4) is 11.5 Å². The molecule has 9 heteroatoms. The van der Waals surface area contributed by atoms with Crippen molar-refractivity contribution in [2.24, 2.45) is 5.92 Å². The van der Waals surface area contributed by atoms with E-state index in [2.05, 4.69) is 10.6 Å². The van der Waals surface area contributed by atoms with Crippen LogP contribution in [-0.4, -0.2) is 68.2 Å². The average molecular weight is 508 g/mol. The third kappa shape index (κ3) is 5.88. The number of ether oxygens (including phenoxy) is 3. The Bertz CT molecular complexity index is 1160. The minimum absolute atomic E-state index is 0.0149. The third-order valence-corrected chi connectivity index (χ3v) is 7.32. The van der Waals surface area contributed by atoms with E-state index in [4.69, 9.17) is 14.2 Å². The Balaban J connectivity index is 1.24. The van der Waals surface area contributed by atoms with Crippen LogP contribution in [0.2, 0.25) is 0 Å². The Morgan fingerprint density at radius 3 is 2.59 bits per heavy atom. The van der Waals surface area contributed by atoms with E-state index in [9.17, 15) is 14.4 Å².